The fourth-order valence-electron chi connectivity index (χ4n) is 1.69. The second-order valence-corrected chi connectivity index (χ2v) is 3.57. The summed E-state index contributed by atoms with van der Waals surface area (Å²) in [6, 6.07) is 6.05. The molecule has 0 unspecified atom stereocenters. The van der Waals surface area contributed by atoms with Crippen molar-refractivity contribution in [2.24, 2.45) is 0 Å². The maximum Gasteiger partial charge on any atom is 0.112 e. The number of nitrogens with zero attached hydrogens (tertiary/aromatic N) is 2. The van der Waals surface area contributed by atoms with Crippen molar-refractivity contribution in [1.29, 1.82) is 0 Å². The number of nitrogen functional groups attached to an aromatic ring is 1. The minimum atomic E-state index is 0.824. The van der Waals surface area contributed by atoms with E-state index >= 15 is 0 Å². The van der Waals surface area contributed by atoms with Gasteiger partial charge < -0.3 is 10.3 Å². The number of nitrogens with two attached hydrogens (primary N) is 1. The Morgan fingerprint density at radius 3 is 2.93 bits per heavy atom. The molecule has 15 heavy (non-hydrogen) atoms. The highest BCUT2D eigenvalue weighted by Crippen LogP contribution is 2.21. The topological polar surface area (TPSA) is 43.8 Å². The van der Waals surface area contributed by atoms with Crippen LogP contribution in [0.4, 0.5) is 5.69 Å². The number of aromatic nitrogens is 2. The number of rotatable bonds is 2. The van der Waals surface area contributed by atoms with Crippen LogP contribution in [0.2, 0.25) is 0 Å². The predicted octanol–water partition coefficient (Wildman–Crippen LogP) is 2.33. The van der Waals surface area contributed by atoms with Crippen LogP contribution in [0.1, 0.15) is 18.3 Å². The van der Waals surface area contributed by atoms with Crippen molar-refractivity contribution in [2.75, 3.05) is 5.73 Å². The maximum atomic E-state index is 6.05. The van der Waals surface area contributed by atoms with E-state index in [9.17, 15) is 0 Å². The molecule has 0 saturated heterocycles. The van der Waals surface area contributed by atoms with E-state index in [0.717, 1.165) is 29.2 Å². The third kappa shape index (κ3) is 1.61. The van der Waals surface area contributed by atoms with Gasteiger partial charge in [-0.2, -0.15) is 0 Å². The second kappa shape index (κ2) is 3.77. The molecule has 78 valence electrons. The fourth-order valence-corrected chi connectivity index (χ4v) is 1.69. The van der Waals surface area contributed by atoms with Crippen molar-refractivity contribution in [3.8, 4) is 5.69 Å². The average Bonchev–Trinajstić information content (AvgIpc) is 2.70. The number of para-hydroxylation sites is 1. The highest BCUT2D eigenvalue weighted by atomic mass is 15.1. The van der Waals surface area contributed by atoms with Crippen molar-refractivity contribution in [1.82, 2.24) is 9.55 Å². The first-order valence-electron chi connectivity index (χ1n) is 5.11. The molecule has 0 spiro atoms. The van der Waals surface area contributed by atoms with Crippen LogP contribution in [-0.2, 0) is 6.42 Å². The first-order chi connectivity index (χ1) is 7.24. The number of hydrogen-bond acceptors (Lipinski definition) is 2. The highest BCUT2D eigenvalue weighted by molar-refractivity contribution is 5.62. The largest absolute Gasteiger partial charge is 0.397 e. The number of hydrogen-bond donors (Lipinski definition) is 1. The molecule has 1 aromatic carbocycles. The van der Waals surface area contributed by atoms with E-state index < -0.39 is 0 Å². The van der Waals surface area contributed by atoms with Gasteiger partial charge in [0.2, 0.25) is 0 Å². The van der Waals surface area contributed by atoms with E-state index in [0.29, 0.717) is 0 Å². The van der Waals surface area contributed by atoms with Gasteiger partial charge in [-0.3, -0.25) is 0 Å². The summed E-state index contributed by atoms with van der Waals surface area (Å²) in [6.07, 6.45) is 4.66. The molecular weight excluding hydrogens is 186 g/mol. The molecule has 3 heteroatoms. The molecular formula is C12H15N3. The summed E-state index contributed by atoms with van der Waals surface area (Å²) in [6.45, 7) is 4.10. The lowest BCUT2D eigenvalue weighted by Gasteiger charge is -2.11. The zero-order chi connectivity index (χ0) is 10.8. The molecule has 0 aliphatic heterocycles. The zero-order valence-electron chi connectivity index (χ0n) is 9.07. The van der Waals surface area contributed by atoms with Gasteiger partial charge in [0.15, 0.2) is 0 Å². The molecule has 0 fully saturated rings. The average molecular weight is 201 g/mol. The van der Waals surface area contributed by atoms with Crippen LogP contribution in [0.5, 0.6) is 0 Å². The van der Waals surface area contributed by atoms with Gasteiger partial charge in [-0.05, 0) is 18.6 Å². The lowest BCUT2D eigenvalue weighted by molar-refractivity contribution is 0.892. The SMILES string of the molecule is CCc1nccn1-c1cccc(C)c1N. The van der Waals surface area contributed by atoms with E-state index in [2.05, 4.69) is 11.9 Å². The molecule has 3 nitrogen and oxygen atoms in total. The van der Waals surface area contributed by atoms with Gasteiger partial charge in [-0.25, -0.2) is 4.98 Å². The Morgan fingerprint density at radius 1 is 1.40 bits per heavy atom. The minimum absolute atomic E-state index is 0.824. The molecule has 0 saturated carbocycles. The van der Waals surface area contributed by atoms with Gasteiger partial charge in [0.05, 0.1) is 11.4 Å². The van der Waals surface area contributed by atoms with Crippen molar-refractivity contribution in [3.63, 3.8) is 0 Å². The molecule has 0 aliphatic carbocycles. The minimum Gasteiger partial charge on any atom is -0.397 e. The summed E-state index contributed by atoms with van der Waals surface area (Å²) >= 11 is 0. The zero-order valence-corrected chi connectivity index (χ0v) is 9.07. The lowest BCUT2D eigenvalue weighted by Crippen LogP contribution is -2.04. The summed E-state index contributed by atoms with van der Waals surface area (Å²) in [4.78, 5) is 4.29. The summed E-state index contributed by atoms with van der Waals surface area (Å²) in [7, 11) is 0. The van der Waals surface area contributed by atoms with Crippen LogP contribution in [0.3, 0.4) is 0 Å². The summed E-state index contributed by atoms with van der Waals surface area (Å²) in [5, 5.41) is 0. The number of anilines is 1. The van der Waals surface area contributed by atoms with Crippen molar-refractivity contribution in [3.05, 3.63) is 42.0 Å². The molecule has 2 N–H and O–H groups in total. The Hall–Kier alpha value is -1.77. The molecule has 1 aromatic heterocycles. The molecule has 0 radical (unpaired) electrons. The van der Waals surface area contributed by atoms with Crippen molar-refractivity contribution < 1.29 is 0 Å². The van der Waals surface area contributed by atoms with E-state index in [-0.39, 0.29) is 0 Å². The standard InChI is InChI=1S/C12H15N3/c1-3-11-14-7-8-15(11)10-6-4-5-9(2)12(10)13/h4-8H,3,13H2,1-2H3. The van der Waals surface area contributed by atoms with Crippen LogP contribution in [0, 0.1) is 6.92 Å². The van der Waals surface area contributed by atoms with Gasteiger partial charge in [0.1, 0.15) is 5.82 Å². The first kappa shape index (κ1) is 9.77. The number of aryl methyl sites for hydroxylation is 2. The predicted molar refractivity (Wildman–Crippen MR) is 62.1 cm³/mol. The molecule has 0 bridgehead atoms. The highest BCUT2D eigenvalue weighted by Gasteiger charge is 2.06. The Labute approximate surface area is 89.6 Å². The van der Waals surface area contributed by atoms with Crippen LogP contribution in [-0.4, -0.2) is 9.55 Å². The quantitative estimate of drug-likeness (QED) is 0.758. The third-order valence-corrected chi connectivity index (χ3v) is 2.59. The van der Waals surface area contributed by atoms with Gasteiger partial charge in [0, 0.05) is 18.8 Å². The van der Waals surface area contributed by atoms with E-state index in [1.165, 1.54) is 0 Å². The van der Waals surface area contributed by atoms with E-state index in [1.807, 2.05) is 35.9 Å². The normalized spacial score (nSPS) is 10.5. The lowest BCUT2D eigenvalue weighted by atomic mass is 10.1. The van der Waals surface area contributed by atoms with Crippen molar-refractivity contribution >= 4 is 5.69 Å². The van der Waals surface area contributed by atoms with Gasteiger partial charge in [0.25, 0.3) is 0 Å². The fraction of sp³-hybridized carbons (Fsp3) is 0.250. The van der Waals surface area contributed by atoms with Crippen LogP contribution < -0.4 is 5.73 Å². The monoisotopic (exact) mass is 201 g/mol. The number of benzene rings is 1. The Bertz CT molecular complexity index is 471. The molecule has 2 aromatic rings. The second-order valence-electron chi connectivity index (χ2n) is 3.57. The van der Waals surface area contributed by atoms with Gasteiger partial charge in [-0.15, -0.1) is 0 Å². The third-order valence-electron chi connectivity index (χ3n) is 2.59. The van der Waals surface area contributed by atoms with Gasteiger partial charge >= 0.3 is 0 Å². The summed E-state index contributed by atoms with van der Waals surface area (Å²) < 4.78 is 2.04. The van der Waals surface area contributed by atoms with Crippen molar-refractivity contribution in [2.45, 2.75) is 20.3 Å². The van der Waals surface area contributed by atoms with Crippen LogP contribution in [0.15, 0.2) is 30.6 Å². The van der Waals surface area contributed by atoms with E-state index in [4.69, 9.17) is 5.73 Å². The molecule has 0 atom stereocenters. The first-order valence-corrected chi connectivity index (χ1v) is 5.11. The maximum absolute atomic E-state index is 6.05. The number of imidazole rings is 1. The molecule has 0 aliphatic rings. The van der Waals surface area contributed by atoms with Crippen LogP contribution >= 0.6 is 0 Å². The molecule has 1 heterocycles. The summed E-state index contributed by atoms with van der Waals surface area (Å²) in [5.41, 5.74) is 8.99. The molecule has 0 amide bonds. The van der Waals surface area contributed by atoms with E-state index in [1.54, 1.807) is 6.20 Å². The summed E-state index contributed by atoms with van der Waals surface area (Å²) in [5.74, 6) is 1.03. The Morgan fingerprint density at radius 2 is 2.20 bits per heavy atom. The van der Waals surface area contributed by atoms with Crippen LogP contribution in [0.25, 0.3) is 5.69 Å². The van der Waals surface area contributed by atoms with Gasteiger partial charge in [-0.1, -0.05) is 19.1 Å². The molecule has 2 rings (SSSR count). The Kier molecular flexibility index (Phi) is 2.46. The smallest absolute Gasteiger partial charge is 0.112 e. The Balaban J connectivity index is 2.59.